The van der Waals surface area contributed by atoms with Crippen LogP contribution in [-0.2, 0) is 6.54 Å². The molecule has 6 heteroatoms. The van der Waals surface area contributed by atoms with Gasteiger partial charge in [0.15, 0.2) is 10.4 Å². The second-order valence-electron chi connectivity index (χ2n) is 3.85. The summed E-state index contributed by atoms with van der Waals surface area (Å²) in [5.41, 5.74) is 7.27. The molecule has 0 atom stereocenters. The summed E-state index contributed by atoms with van der Waals surface area (Å²) in [6.45, 7) is 0.411. The average molecular weight is 339 g/mol. The minimum Gasteiger partial charge on any atom is -0.444 e. The largest absolute Gasteiger partial charge is 0.444 e. The summed E-state index contributed by atoms with van der Waals surface area (Å²) in [5, 5.41) is 2.76. The number of nitrogens with two attached hydrogens (primary N) is 1. The van der Waals surface area contributed by atoms with Crippen molar-refractivity contribution in [2.24, 2.45) is 5.73 Å². The van der Waals surface area contributed by atoms with Gasteiger partial charge in [-0.05, 0) is 33.6 Å². The molecular formula is C13H11BrN2O2S. The van der Waals surface area contributed by atoms with Crippen LogP contribution in [0.4, 0.5) is 0 Å². The molecule has 1 aromatic heterocycles. The Labute approximate surface area is 124 Å². The van der Waals surface area contributed by atoms with E-state index in [2.05, 4.69) is 21.2 Å². The van der Waals surface area contributed by atoms with E-state index in [1.54, 1.807) is 12.1 Å². The SMILES string of the molecule is NC(=S)c1ccc(CNC(=O)c2ccc(Br)o2)cc1. The molecule has 0 unspecified atom stereocenters. The lowest BCUT2D eigenvalue weighted by Gasteiger charge is -2.04. The molecule has 98 valence electrons. The first-order chi connectivity index (χ1) is 9.06. The minimum atomic E-state index is -0.260. The van der Waals surface area contributed by atoms with Crippen LogP contribution in [0.15, 0.2) is 45.5 Å². The number of rotatable bonds is 4. The van der Waals surface area contributed by atoms with E-state index >= 15 is 0 Å². The fraction of sp³-hybridized carbons (Fsp3) is 0.0769. The highest BCUT2D eigenvalue weighted by Crippen LogP contribution is 2.14. The molecule has 19 heavy (non-hydrogen) atoms. The van der Waals surface area contributed by atoms with Crippen molar-refractivity contribution in [3.05, 3.63) is 58.0 Å². The summed E-state index contributed by atoms with van der Waals surface area (Å²) in [6, 6.07) is 10.7. The Bertz CT molecular complexity index is 607. The molecule has 1 amide bonds. The molecule has 0 fully saturated rings. The van der Waals surface area contributed by atoms with E-state index in [-0.39, 0.29) is 11.7 Å². The fourth-order valence-electron chi connectivity index (χ4n) is 1.49. The lowest BCUT2D eigenvalue weighted by atomic mass is 10.1. The molecule has 3 N–H and O–H groups in total. The molecule has 1 aromatic carbocycles. The van der Waals surface area contributed by atoms with Crippen LogP contribution >= 0.6 is 28.1 Å². The molecule has 0 saturated carbocycles. The van der Waals surface area contributed by atoms with Crippen molar-refractivity contribution in [3.8, 4) is 0 Å². The number of amides is 1. The van der Waals surface area contributed by atoms with Crippen LogP contribution in [0, 0.1) is 0 Å². The van der Waals surface area contributed by atoms with E-state index in [9.17, 15) is 4.79 Å². The summed E-state index contributed by atoms with van der Waals surface area (Å²) >= 11 is 8.02. The first kappa shape index (κ1) is 13.8. The Balaban J connectivity index is 1.95. The summed E-state index contributed by atoms with van der Waals surface area (Å²) in [5.74, 6) is 0.00996. The van der Waals surface area contributed by atoms with Gasteiger partial charge in [-0.1, -0.05) is 36.5 Å². The van der Waals surface area contributed by atoms with E-state index in [1.807, 2.05) is 24.3 Å². The third kappa shape index (κ3) is 3.65. The van der Waals surface area contributed by atoms with Crippen LogP contribution in [0.25, 0.3) is 0 Å². The summed E-state index contributed by atoms with van der Waals surface area (Å²) in [6.07, 6.45) is 0. The summed E-state index contributed by atoms with van der Waals surface area (Å²) < 4.78 is 5.68. The monoisotopic (exact) mass is 338 g/mol. The first-order valence-electron chi connectivity index (χ1n) is 5.48. The highest BCUT2D eigenvalue weighted by Gasteiger charge is 2.09. The molecular weight excluding hydrogens is 328 g/mol. The minimum absolute atomic E-state index is 0.260. The number of benzene rings is 1. The van der Waals surface area contributed by atoms with Gasteiger partial charge >= 0.3 is 0 Å². The zero-order chi connectivity index (χ0) is 13.8. The van der Waals surface area contributed by atoms with Crippen LogP contribution < -0.4 is 11.1 Å². The molecule has 0 radical (unpaired) electrons. The predicted octanol–water partition coefficient (Wildman–Crippen LogP) is 2.61. The molecule has 0 bridgehead atoms. The second-order valence-corrected chi connectivity index (χ2v) is 5.07. The quantitative estimate of drug-likeness (QED) is 0.841. The van der Waals surface area contributed by atoms with Gasteiger partial charge in [0.25, 0.3) is 5.91 Å². The van der Waals surface area contributed by atoms with Gasteiger partial charge in [0, 0.05) is 12.1 Å². The maximum absolute atomic E-state index is 11.7. The zero-order valence-corrected chi connectivity index (χ0v) is 12.3. The van der Waals surface area contributed by atoms with Gasteiger partial charge in [-0.3, -0.25) is 4.79 Å². The third-order valence-electron chi connectivity index (χ3n) is 2.49. The summed E-state index contributed by atoms with van der Waals surface area (Å²) in [7, 11) is 0. The lowest BCUT2D eigenvalue weighted by molar-refractivity contribution is 0.0922. The summed E-state index contributed by atoms with van der Waals surface area (Å²) in [4.78, 5) is 12.1. The lowest BCUT2D eigenvalue weighted by Crippen LogP contribution is -2.22. The van der Waals surface area contributed by atoms with Crippen LogP contribution in [0.5, 0.6) is 0 Å². The number of furan rings is 1. The van der Waals surface area contributed by atoms with E-state index < -0.39 is 0 Å². The molecule has 0 spiro atoms. The molecule has 1 heterocycles. The van der Waals surface area contributed by atoms with Crippen LogP contribution in [0.2, 0.25) is 0 Å². The van der Waals surface area contributed by atoms with Gasteiger partial charge < -0.3 is 15.5 Å². The number of hydrogen-bond acceptors (Lipinski definition) is 3. The van der Waals surface area contributed by atoms with Crippen LogP contribution in [0.1, 0.15) is 21.7 Å². The Kier molecular flexibility index (Phi) is 4.34. The van der Waals surface area contributed by atoms with Crippen molar-refractivity contribution in [1.82, 2.24) is 5.32 Å². The molecule has 0 aliphatic rings. The molecule has 4 nitrogen and oxygen atoms in total. The van der Waals surface area contributed by atoms with Crippen molar-refractivity contribution in [3.63, 3.8) is 0 Å². The van der Waals surface area contributed by atoms with Gasteiger partial charge in [0.1, 0.15) is 4.99 Å². The maximum Gasteiger partial charge on any atom is 0.287 e. The first-order valence-corrected chi connectivity index (χ1v) is 6.68. The van der Waals surface area contributed by atoms with E-state index in [1.165, 1.54) is 0 Å². The number of carbonyl (C=O) groups excluding carboxylic acids is 1. The van der Waals surface area contributed by atoms with Crippen molar-refractivity contribution in [2.75, 3.05) is 0 Å². The van der Waals surface area contributed by atoms with Gasteiger partial charge in [-0.2, -0.15) is 0 Å². The molecule has 0 aliphatic carbocycles. The second kappa shape index (κ2) is 5.99. The van der Waals surface area contributed by atoms with Gasteiger partial charge in [-0.15, -0.1) is 0 Å². The predicted molar refractivity (Wildman–Crippen MR) is 79.9 cm³/mol. The Morgan fingerprint density at radius 3 is 2.47 bits per heavy atom. The highest BCUT2D eigenvalue weighted by molar-refractivity contribution is 9.10. The number of nitrogens with one attached hydrogen (secondary N) is 1. The highest BCUT2D eigenvalue weighted by atomic mass is 79.9. The van der Waals surface area contributed by atoms with E-state index in [0.717, 1.165) is 11.1 Å². The Morgan fingerprint density at radius 1 is 1.26 bits per heavy atom. The third-order valence-corrected chi connectivity index (χ3v) is 3.15. The van der Waals surface area contributed by atoms with Gasteiger partial charge in [0.05, 0.1) is 0 Å². The Hall–Kier alpha value is -1.66. The smallest absolute Gasteiger partial charge is 0.287 e. The number of hydrogen-bond donors (Lipinski definition) is 2. The standard InChI is InChI=1S/C13H11BrN2O2S/c14-11-6-5-10(18-11)13(17)16-7-8-1-3-9(4-2-8)12(15)19/h1-6H,7H2,(H2,15,19)(H,16,17). The number of carbonyl (C=O) groups is 1. The van der Waals surface area contributed by atoms with Crippen LogP contribution in [0.3, 0.4) is 0 Å². The molecule has 2 rings (SSSR count). The number of thiocarbonyl (C=S) groups is 1. The Morgan fingerprint density at radius 2 is 1.95 bits per heavy atom. The normalized spacial score (nSPS) is 10.2. The molecule has 0 saturated heterocycles. The number of halogens is 1. The zero-order valence-electron chi connectivity index (χ0n) is 9.85. The topological polar surface area (TPSA) is 68.3 Å². The van der Waals surface area contributed by atoms with E-state index in [0.29, 0.717) is 16.2 Å². The molecule has 0 aliphatic heterocycles. The van der Waals surface area contributed by atoms with Crippen molar-refractivity contribution in [1.29, 1.82) is 0 Å². The molecule has 2 aromatic rings. The fourth-order valence-corrected chi connectivity index (χ4v) is 1.94. The van der Waals surface area contributed by atoms with E-state index in [4.69, 9.17) is 22.4 Å². The maximum atomic E-state index is 11.7. The van der Waals surface area contributed by atoms with Crippen molar-refractivity contribution in [2.45, 2.75) is 6.54 Å². The van der Waals surface area contributed by atoms with Gasteiger partial charge in [-0.25, -0.2) is 0 Å². The van der Waals surface area contributed by atoms with Gasteiger partial charge in [0.2, 0.25) is 0 Å². The van der Waals surface area contributed by atoms with Crippen LogP contribution in [-0.4, -0.2) is 10.9 Å². The van der Waals surface area contributed by atoms with Crippen molar-refractivity contribution >= 4 is 39.0 Å². The van der Waals surface area contributed by atoms with Crippen molar-refractivity contribution < 1.29 is 9.21 Å². The average Bonchev–Trinajstić information content (AvgIpc) is 2.83.